The summed E-state index contributed by atoms with van der Waals surface area (Å²) in [5.74, 6) is 0.158. The summed E-state index contributed by atoms with van der Waals surface area (Å²) in [6.45, 7) is 6.06. The topological polar surface area (TPSA) is 64.2 Å². The SMILES string of the molecule is CN1CCN(C(=O)CN2CCN(S(C)(=O)=O)CC2)CC1. The van der Waals surface area contributed by atoms with E-state index in [-0.39, 0.29) is 5.91 Å². The number of amides is 1. The van der Waals surface area contributed by atoms with Crippen molar-refractivity contribution in [1.82, 2.24) is 19.0 Å². The van der Waals surface area contributed by atoms with Crippen molar-refractivity contribution in [3.05, 3.63) is 0 Å². The summed E-state index contributed by atoms with van der Waals surface area (Å²) < 4.78 is 24.3. The Kier molecular flexibility index (Phi) is 5.00. The third kappa shape index (κ3) is 4.15. The van der Waals surface area contributed by atoms with Gasteiger partial charge in [0.15, 0.2) is 0 Å². The van der Waals surface area contributed by atoms with Gasteiger partial charge in [-0.25, -0.2) is 8.42 Å². The van der Waals surface area contributed by atoms with Gasteiger partial charge in [-0.2, -0.15) is 4.31 Å². The molecule has 8 heteroatoms. The number of rotatable bonds is 3. The van der Waals surface area contributed by atoms with Crippen LogP contribution in [0.2, 0.25) is 0 Å². The fourth-order valence-corrected chi connectivity index (χ4v) is 3.39. The largest absolute Gasteiger partial charge is 0.339 e. The van der Waals surface area contributed by atoms with Crippen LogP contribution in [0.5, 0.6) is 0 Å². The standard InChI is InChI=1S/C12H24N4O3S/c1-13-3-7-15(8-4-13)12(17)11-14-5-9-16(10-6-14)20(2,18)19/h3-11H2,1-2H3. The fourth-order valence-electron chi connectivity index (χ4n) is 2.57. The molecule has 2 heterocycles. The molecule has 2 aliphatic heterocycles. The number of hydrogen-bond donors (Lipinski definition) is 0. The Morgan fingerprint density at radius 2 is 1.50 bits per heavy atom. The molecular formula is C12H24N4O3S. The fraction of sp³-hybridized carbons (Fsp3) is 0.917. The van der Waals surface area contributed by atoms with Crippen LogP contribution in [0.1, 0.15) is 0 Å². The second kappa shape index (κ2) is 6.38. The molecule has 0 N–H and O–H groups in total. The molecule has 0 unspecified atom stereocenters. The van der Waals surface area contributed by atoms with Crippen molar-refractivity contribution in [3.8, 4) is 0 Å². The summed E-state index contributed by atoms with van der Waals surface area (Å²) >= 11 is 0. The van der Waals surface area contributed by atoms with Crippen molar-refractivity contribution in [3.63, 3.8) is 0 Å². The van der Waals surface area contributed by atoms with E-state index in [2.05, 4.69) is 11.9 Å². The lowest BCUT2D eigenvalue weighted by Gasteiger charge is -2.36. The highest BCUT2D eigenvalue weighted by molar-refractivity contribution is 7.88. The smallest absolute Gasteiger partial charge is 0.236 e. The first-order valence-electron chi connectivity index (χ1n) is 7.00. The molecule has 0 aromatic rings. The molecule has 7 nitrogen and oxygen atoms in total. The zero-order chi connectivity index (χ0) is 14.8. The Labute approximate surface area is 121 Å². The van der Waals surface area contributed by atoms with Crippen LogP contribution >= 0.6 is 0 Å². The quantitative estimate of drug-likeness (QED) is 0.624. The molecule has 20 heavy (non-hydrogen) atoms. The minimum absolute atomic E-state index is 0.158. The zero-order valence-electron chi connectivity index (χ0n) is 12.3. The molecule has 116 valence electrons. The highest BCUT2D eigenvalue weighted by Crippen LogP contribution is 2.07. The molecule has 0 saturated carbocycles. The molecule has 0 aliphatic carbocycles. The van der Waals surface area contributed by atoms with E-state index in [4.69, 9.17) is 0 Å². The molecule has 2 rings (SSSR count). The average molecular weight is 304 g/mol. The lowest BCUT2D eigenvalue weighted by Crippen LogP contribution is -2.53. The normalized spacial score (nSPS) is 24.0. The van der Waals surface area contributed by atoms with E-state index < -0.39 is 10.0 Å². The first-order chi connectivity index (χ1) is 9.36. The van der Waals surface area contributed by atoms with Gasteiger partial charge in [0.2, 0.25) is 15.9 Å². The van der Waals surface area contributed by atoms with Gasteiger partial charge in [-0.1, -0.05) is 0 Å². The van der Waals surface area contributed by atoms with E-state index >= 15 is 0 Å². The Morgan fingerprint density at radius 3 is 2.00 bits per heavy atom. The van der Waals surface area contributed by atoms with Crippen LogP contribution in [0.25, 0.3) is 0 Å². The van der Waals surface area contributed by atoms with Crippen molar-refractivity contribution < 1.29 is 13.2 Å². The van der Waals surface area contributed by atoms with Crippen LogP contribution in [-0.2, 0) is 14.8 Å². The predicted octanol–water partition coefficient (Wildman–Crippen LogP) is -1.66. The second-order valence-electron chi connectivity index (χ2n) is 5.62. The van der Waals surface area contributed by atoms with Gasteiger partial charge < -0.3 is 9.80 Å². The lowest BCUT2D eigenvalue weighted by atomic mass is 10.3. The van der Waals surface area contributed by atoms with Gasteiger partial charge in [0.1, 0.15) is 0 Å². The van der Waals surface area contributed by atoms with Crippen molar-refractivity contribution in [2.24, 2.45) is 0 Å². The highest BCUT2D eigenvalue weighted by Gasteiger charge is 2.26. The average Bonchev–Trinajstić information content (AvgIpc) is 2.39. The number of piperazine rings is 2. The van der Waals surface area contributed by atoms with Gasteiger partial charge in [-0.3, -0.25) is 9.69 Å². The third-order valence-corrected chi connectivity index (χ3v) is 5.32. The summed E-state index contributed by atoms with van der Waals surface area (Å²) in [6.07, 6.45) is 1.23. The number of carbonyl (C=O) groups excluding carboxylic acids is 1. The maximum Gasteiger partial charge on any atom is 0.236 e. The molecule has 2 fully saturated rings. The van der Waals surface area contributed by atoms with Crippen LogP contribution in [-0.4, -0.2) is 106 Å². The molecule has 0 atom stereocenters. The van der Waals surface area contributed by atoms with Crippen LogP contribution in [0, 0.1) is 0 Å². The van der Waals surface area contributed by atoms with Crippen LogP contribution in [0.3, 0.4) is 0 Å². The molecule has 0 bridgehead atoms. The minimum atomic E-state index is -3.10. The Balaban J connectivity index is 1.76. The second-order valence-corrected chi connectivity index (χ2v) is 7.60. The molecule has 1 amide bonds. The van der Waals surface area contributed by atoms with Crippen LogP contribution in [0.15, 0.2) is 0 Å². The number of sulfonamides is 1. The van der Waals surface area contributed by atoms with Gasteiger partial charge in [-0.05, 0) is 7.05 Å². The summed E-state index contributed by atoms with van der Waals surface area (Å²) in [7, 11) is -1.04. The Hall–Kier alpha value is -0.700. The first kappa shape index (κ1) is 15.7. The Morgan fingerprint density at radius 1 is 0.950 bits per heavy atom. The van der Waals surface area contributed by atoms with Crippen molar-refractivity contribution in [2.45, 2.75) is 0 Å². The summed E-state index contributed by atoms with van der Waals surface area (Å²) in [5, 5.41) is 0. The maximum absolute atomic E-state index is 12.2. The highest BCUT2D eigenvalue weighted by atomic mass is 32.2. The molecule has 0 aromatic heterocycles. The summed E-state index contributed by atoms with van der Waals surface area (Å²) in [5.41, 5.74) is 0. The summed E-state index contributed by atoms with van der Waals surface area (Å²) in [6, 6.07) is 0. The van der Waals surface area contributed by atoms with Crippen molar-refractivity contribution in [2.75, 3.05) is 72.2 Å². The van der Waals surface area contributed by atoms with E-state index in [1.54, 1.807) is 0 Å². The third-order valence-electron chi connectivity index (χ3n) is 4.02. The molecule has 2 aliphatic rings. The number of nitrogens with zero attached hydrogens (tertiary/aromatic N) is 4. The van der Waals surface area contributed by atoms with E-state index in [0.29, 0.717) is 32.7 Å². The molecular weight excluding hydrogens is 280 g/mol. The number of likely N-dealkylation sites (N-methyl/N-ethyl adjacent to an activating group) is 1. The van der Waals surface area contributed by atoms with E-state index in [1.165, 1.54) is 10.6 Å². The molecule has 0 radical (unpaired) electrons. The molecule has 0 aromatic carbocycles. The van der Waals surface area contributed by atoms with E-state index in [1.807, 2.05) is 9.80 Å². The van der Waals surface area contributed by atoms with Gasteiger partial charge in [-0.15, -0.1) is 0 Å². The number of carbonyl (C=O) groups is 1. The predicted molar refractivity (Wildman–Crippen MR) is 76.9 cm³/mol. The summed E-state index contributed by atoms with van der Waals surface area (Å²) in [4.78, 5) is 18.4. The minimum Gasteiger partial charge on any atom is -0.339 e. The van der Waals surface area contributed by atoms with Crippen LogP contribution < -0.4 is 0 Å². The van der Waals surface area contributed by atoms with Crippen molar-refractivity contribution in [1.29, 1.82) is 0 Å². The Bertz CT molecular complexity index is 438. The first-order valence-corrected chi connectivity index (χ1v) is 8.85. The zero-order valence-corrected chi connectivity index (χ0v) is 13.1. The molecule has 2 saturated heterocycles. The van der Waals surface area contributed by atoms with Gasteiger partial charge in [0.05, 0.1) is 12.8 Å². The van der Waals surface area contributed by atoms with Gasteiger partial charge in [0.25, 0.3) is 0 Å². The lowest BCUT2D eigenvalue weighted by molar-refractivity contribution is -0.134. The van der Waals surface area contributed by atoms with E-state index in [0.717, 1.165) is 26.2 Å². The molecule has 0 spiro atoms. The number of hydrogen-bond acceptors (Lipinski definition) is 5. The van der Waals surface area contributed by atoms with Crippen LogP contribution in [0.4, 0.5) is 0 Å². The monoisotopic (exact) mass is 304 g/mol. The van der Waals surface area contributed by atoms with Gasteiger partial charge in [0, 0.05) is 52.4 Å². The van der Waals surface area contributed by atoms with Gasteiger partial charge >= 0.3 is 0 Å². The van der Waals surface area contributed by atoms with Crippen molar-refractivity contribution >= 4 is 15.9 Å². The maximum atomic E-state index is 12.2. The van der Waals surface area contributed by atoms with E-state index in [9.17, 15) is 13.2 Å².